The van der Waals surface area contributed by atoms with E-state index < -0.39 is 0 Å². The maximum absolute atomic E-state index is 3.70. The molecule has 1 N–H and O–H groups in total. The highest BCUT2D eigenvalue weighted by molar-refractivity contribution is 8.00. The molecule has 0 radical (unpaired) electrons. The van der Waals surface area contributed by atoms with E-state index in [9.17, 15) is 0 Å². The van der Waals surface area contributed by atoms with Gasteiger partial charge in [0.15, 0.2) is 0 Å². The van der Waals surface area contributed by atoms with Crippen LogP contribution in [0.4, 0.5) is 5.69 Å². The number of benzene rings is 2. The van der Waals surface area contributed by atoms with Gasteiger partial charge in [-0.25, -0.2) is 0 Å². The summed E-state index contributed by atoms with van der Waals surface area (Å²) in [6.45, 7) is 1.05. The monoisotopic (exact) mass is 290 g/mol. The molecule has 2 aromatic carbocycles. The number of fused-ring (bicyclic) bond motifs is 3. The van der Waals surface area contributed by atoms with Crippen LogP contribution in [0.3, 0.4) is 0 Å². The van der Waals surface area contributed by atoms with Gasteiger partial charge in [0, 0.05) is 11.4 Å². The Labute approximate surface area is 123 Å². The van der Waals surface area contributed by atoms with Crippen LogP contribution in [0.25, 0.3) is 0 Å². The largest absolute Gasteiger partial charge is 0.344 e. The Morgan fingerprint density at radius 3 is 2.58 bits per heavy atom. The van der Waals surface area contributed by atoms with Crippen LogP contribution in [0.2, 0.25) is 0 Å². The average Bonchev–Trinajstić information content (AvgIpc) is 2.97. The van der Waals surface area contributed by atoms with Gasteiger partial charge >= 0.3 is 0 Å². The molecule has 2 aliphatic rings. The van der Waals surface area contributed by atoms with Gasteiger partial charge in [0.05, 0.1) is 11.7 Å². The first-order valence-corrected chi connectivity index (χ1v) is 7.13. The number of halogens is 1. The van der Waals surface area contributed by atoms with Gasteiger partial charge in [-0.3, -0.25) is 5.32 Å². The molecule has 0 saturated carbocycles. The molecule has 19 heavy (non-hydrogen) atoms. The Kier molecular flexibility index (Phi) is 3.44. The molecule has 2 heterocycles. The molecule has 0 amide bonds. The lowest BCUT2D eigenvalue weighted by Crippen LogP contribution is -2.28. The summed E-state index contributed by atoms with van der Waals surface area (Å²) in [5.74, 6) is 0. The fourth-order valence-corrected chi connectivity index (χ4v) is 3.99. The van der Waals surface area contributed by atoms with Gasteiger partial charge in [-0.1, -0.05) is 54.2 Å². The summed E-state index contributed by atoms with van der Waals surface area (Å²) in [6.07, 6.45) is 0. The predicted molar refractivity (Wildman–Crippen MR) is 83.0 cm³/mol. The van der Waals surface area contributed by atoms with Crippen molar-refractivity contribution in [1.82, 2.24) is 5.32 Å². The molecule has 2 aliphatic heterocycles. The summed E-state index contributed by atoms with van der Waals surface area (Å²) in [5.41, 5.74) is 3.15. The predicted octanol–water partition coefficient (Wildman–Crippen LogP) is 3.65. The highest BCUT2D eigenvalue weighted by Gasteiger charge is 2.38. The summed E-state index contributed by atoms with van der Waals surface area (Å²) in [6, 6.07) is 19.8. The quantitative estimate of drug-likeness (QED) is 0.863. The molecule has 2 unspecified atom stereocenters. The highest BCUT2D eigenvalue weighted by Crippen LogP contribution is 2.46. The van der Waals surface area contributed by atoms with E-state index in [2.05, 4.69) is 64.8 Å². The van der Waals surface area contributed by atoms with Crippen LogP contribution in [0, 0.1) is 0 Å². The first kappa shape index (κ1) is 12.9. The minimum Gasteiger partial charge on any atom is -0.344 e. The van der Waals surface area contributed by atoms with Crippen LogP contribution >= 0.6 is 24.2 Å². The Morgan fingerprint density at radius 1 is 1.00 bits per heavy atom. The minimum absolute atomic E-state index is 0. The molecule has 4 rings (SSSR count). The number of hydrogen-bond donors (Lipinski definition) is 1. The molecule has 4 heteroatoms. The molecule has 98 valence electrons. The van der Waals surface area contributed by atoms with Gasteiger partial charge in [-0.15, -0.1) is 12.4 Å². The Bertz CT molecular complexity index is 575. The van der Waals surface area contributed by atoms with E-state index in [-0.39, 0.29) is 12.4 Å². The standard InChI is InChI=1S/C15H14N2S.ClH/c1-2-6-11(7-3-1)12-10-17-13-8-4-5-9-14(13)18-15(17)16-12;/h1-9,12,15-16H,10H2;1H. The van der Waals surface area contributed by atoms with Crippen molar-refractivity contribution in [3.63, 3.8) is 0 Å². The van der Waals surface area contributed by atoms with E-state index in [0.717, 1.165) is 6.54 Å². The second-order valence-corrected chi connectivity index (χ2v) is 5.84. The Hall–Kier alpha value is -1.16. The lowest BCUT2D eigenvalue weighted by Gasteiger charge is -2.16. The molecule has 2 atom stereocenters. The van der Waals surface area contributed by atoms with Gasteiger partial charge in [-0.05, 0) is 17.7 Å². The van der Waals surface area contributed by atoms with Crippen LogP contribution in [0.5, 0.6) is 0 Å². The molecule has 2 aromatic rings. The first-order valence-electron chi connectivity index (χ1n) is 6.25. The van der Waals surface area contributed by atoms with Crippen molar-refractivity contribution in [1.29, 1.82) is 0 Å². The summed E-state index contributed by atoms with van der Waals surface area (Å²) < 4.78 is 0. The van der Waals surface area contributed by atoms with E-state index >= 15 is 0 Å². The zero-order chi connectivity index (χ0) is 11.9. The number of rotatable bonds is 1. The molecule has 0 aromatic heterocycles. The number of anilines is 1. The number of thioether (sulfide) groups is 1. The van der Waals surface area contributed by atoms with E-state index in [0.29, 0.717) is 11.5 Å². The number of nitrogens with one attached hydrogen (secondary N) is 1. The fourth-order valence-electron chi connectivity index (χ4n) is 2.73. The minimum atomic E-state index is 0. The summed E-state index contributed by atoms with van der Waals surface area (Å²) >= 11 is 1.92. The maximum Gasteiger partial charge on any atom is 0.133 e. The normalized spacial score (nSPS) is 23.7. The highest BCUT2D eigenvalue weighted by atomic mass is 35.5. The van der Waals surface area contributed by atoms with Crippen molar-refractivity contribution in [3.8, 4) is 0 Å². The third-order valence-electron chi connectivity index (χ3n) is 3.62. The number of nitrogens with zero attached hydrogens (tertiary/aromatic N) is 1. The van der Waals surface area contributed by atoms with E-state index in [1.807, 2.05) is 11.8 Å². The zero-order valence-corrected chi connectivity index (χ0v) is 12.0. The van der Waals surface area contributed by atoms with E-state index in [4.69, 9.17) is 0 Å². The third kappa shape index (κ3) is 2.12. The van der Waals surface area contributed by atoms with Crippen molar-refractivity contribution in [3.05, 3.63) is 60.2 Å². The van der Waals surface area contributed by atoms with Gasteiger partial charge < -0.3 is 4.90 Å². The van der Waals surface area contributed by atoms with Crippen molar-refractivity contribution in [2.24, 2.45) is 0 Å². The molecular formula is C15H15ClN2S. The lowest BCUT2D eigenvalue weighted by molar-refractivity contribution is 0.659. The summed E-state index contributed by atoms with van der Waals surface area (Å²) in [7, 11) is 0. The van der Waals surface area contributed by atoms with Gasteiger partial charge in [0.25, 0.3) is 0 Å². The van der Waals surface area contributed by atoms with Crippen LogP contribution in [-0.2, 0) is 0 Å². The Morgan fingerprint density at radius 2 is 1.74 bits per heavy atom. The lowest BCUT2D eigenvalue weighted by atomic mass is 10.1. The van der Waals surface area contributed by atoms with Crippen molar-refractivity contribution < 1.29 is 0 Å². The van der Waals surface area contributed by atoms with Crippen LogP contribution in [-0.4, -0.2) is 12.0 Å². The van der Waals surface area contributed by atoms with E-state index in [1.165, 1.54) is 16.1 Å². The number of hydrogen-bond acceptors (Lipinski definition) is 3. The van der Waals surface area contributed by atoms with Crippen molar-refractivity contribution in [2.75, 3.05) is 11.4 Å². The molecule has 0 spiro atoms. The number of para-hydroxylation sites is 1. The van der Waals surface area contributed by atoms with Crippen molar-refractivity contribution in [2.45, 2.75) is 16.4 Å². The molecule has 1 saturated heterocycles. The molecule has 2 nitrogen and oxygen atoms in total. The smallest absolute Gasteiger partial charge is 0.133 e. The fraction of sp³-hybridized carbons (Fsp3) is 0.200. The first-order chi connectivity index (χ1) is 8.92. The second kappa shape index (κ2) is 5.08. The molecule has 1 fully saturated rings. The van der Waals surface area contributed by atoms with Crippen LogP contribution in [0.15, 0.2) is 59.5 Å². The van der Waals surface area contributed by atoms with Crippen molar-refractivity contribution >= 4 is 29.9 Å². The summed E-state index contributed by atoms with van der Waals surface area (Å²) in [5, 5.41) is 3.70. The Balaban J connectivity index is 0.00000110. The van der Waals surface area contributed by atoms with Gasteiger partial charge in [0.2, 0.25) is 0 Å². The SMILES string of the molecule is Cl.c1ccc(C2CN3c4ccccc4SC3N2)cc1. The van der Waals surface area contributed by atoms with E-state index in [1.54, 1.807) is 0 Å². The summed E-state index contributed by atoms with van der Waals surface area (Å²) in [4.78, 5) is 3.86. The zero-order valence-electron chi connectivity index (χ0n) is 10.3. The van der Waals surface area contributed by atoms with Crippen LogP contribution < -0.4 is 10.2 Å². The third-order valence-corrected chi connectivity index (χ3v) is 4.83. The topological polar surface area (TPSA) is 15.3 Å². The average molecular weight is 291 g/mol. The van der Waals surface area contributed by atoms with Crippen LogP contribution in [0.1, 0.15) is 11.6 Å². The molecule has 0 bridgehead atoms. The molecule has 0 aliphatic carbocycles. The molecular weight excluding hydrogens is 276 g/mol. The second-order valence-electron chi connectivity index (χ2n) is 4.72. The maximum atomic E-state index is 3.70. The van der Waals surface area contributed by atoms with Gasteiger partial charge in [0.1, 0.15) is 5.50 Å². The van der Waals surface area contributed by atoms with Gasteiger partial charge in [-0.2, -0.15) is 0 Å².